The zero-order chi connectivity index (χ0) is 30.6. The van der Waals surface area contributed by atoms with E-state index in [2.05, 4.69) is 74.4 Å². The van der Waals surface area contributed by atoms with Crippen molar-refractivity contribution >= 4 is 66.1 Å². The summed E-state index contributed by atoms with van der Waals surface area (Å²) in [5.41, 5.74) is 4.98. The van der Waals surface area contributed by atoms with Crippen LogP contribution >= 0.6 is 0 Å². The average Bonchev–Trinajstić information content (AvgIpc) is 3.03. The van der Waals surface area contributed by atoms with Crippen LogP contribution in [0.15, 0.2) is 106 Å². The third-order valence-electron chi connectivity index (χ3n) is 9.05. The van der Waals surface area contributed by atoms with Crippen LogP contribution in [-0.4, -0.2) is 54.1 Å². The van der Waals surface area contributed by atoms with Gasteiger partial charge in [0, 0.05) is 33.8 Å². The van der Waals surface area contributed by atoms with Crippen LogP contribution < -0.4 is 10.5 Å². The molecule has 0 saturated carbocycles. The first-order valence-corrected chi connectivity index (χ1v) is 15.4. The highest BCUT2D eigenvalue weighted by atomic mass is 16.1. The summed E-state index contributed by atoms with van der Waals surface area (Å²) in [4.78, 5) is 21.4. The molecule has 0 radical (unpaired) electrons. The van der Waals surface area contributed by atoms with E-state index in [4.69, 9.17) is 4.98 Å². The van der Waals surface area contributed by atoms with Crippen LogP contribution in [-0.2, 0) is 0 Å². The maximum atomic E-state index is 13.9. The van der Waals surface area contributed by atoms with Crippen molar-refractivity contribution in [1.29, 1.82) is 0 Å². The van der Waals surface area contributed by atoms with Crippen molar-refractivity contribution in [2.24, 2.45) is 10.2 Å². The molecule has 2 aromatic heterocycles. The highest BCUT2D eigenvalue weighted by Gasteiger charge is 2.24. The van der Waals surface area contributed by atoms with Crippen molar-refractivity contribution in [2.45, 2.75) is 26.3 Å². The molecule has 44 heavy (non-hydrogen) atoms. The van der Waals surface area contributed by atoms with Gasteiger partial charge in [-0.1, -0.05) is 43.3 Å². The van der Waals surface area contributed by atoms with Crippen LogP contribution in [0.3, 0.4) is 0 Å². The lowest BCUT2D eigenvalue weighted by molar-refractivity contribution is -0.894. The lowest BCUT2D eigenvalue weighted by atomic mass is 10.0. The number of quaternary nitrogens is 1. The zero-order valence-electron chi connectivity index (χ0n) is 26.0. The summed E-state index contributed by atoms with van der Waals surface area (Å²) in [5, 5.41) is 14.7. The molecule has 0 fully saturated rings. The molecule has 0 saturated heterocycles. The van der Waals surface area contributed by atoms with Crippen molar-refractivity contribution in [3.8, 4) is 0 Å². The molecule has 2 heterocycles. The normalized spacial score (nSPS) is 13.3. The van der Waals surface area contributed by atoms with E-state index in [9.17, 15) is 4.79 Å². The van der Waals surface area contributed by atoms with E-state index in [1.807, 2.05) is 66.7 Å². The molecule has 0 spiro atoms. The number of pyridine rings is 1. The van der Waals surface area contributed by atoms with Gasteiger partial charge in [-0.15, -0.1) is 0 Å². The first-order valence-electron chi connectivity index (χ1n) is 15.4. The van der Waals surface area contributed by atoms with Gasteiger partial charge in [0.15, 0.2) is 0 Å². The molecule has 0 N–H and O–H groups in total. The molecular weight excluding hydrogens is 544 g/mol. The molecule has 1 unspecified atom stereocenters. The fraction of sp³-hybridized carbons (Fsp3) is 0.243. The monoisotopic (exact) mass is 581 g/mol. The number of azo groups is 1. The lowest BCUT2D eigenvalue weighted by Crippen LogP contribution is -2.51. The molecule has 7 aromatic rings. The molecule has 1 atom stereocenters. The zero-order valence-corrected chi connectivity index (χ0v) is 26.0. The van der Waals surface area contributed by atoms with Gasteiger partial charge in [0.1, 0.15) is 11.7 Å². The van der Waals surface area contributed by atoms with E-state index < -0.39 is 0 Å². The quantitative estimate of drug-likeness (QED) is 0.0783. The fourth-order valence-electron chi connectivity index (χ4n) is 6.63. The summed E-state index contributed by atoms with van der Waals surface area (Å²) < 4.78 is 2.70. The van der Waals surface area contributed by atoms with Crippen molar-refractivity contribution < 1.29 is 4.48 Å². The Morgan fingerprint density at radius 1 is 0.795 bits per heavy atom. The molecule has 7 rings (SSSR count). The van der Waals surface area contributed by atoms with E-state index >= 15 is 0 Å². The topological polar surface area (TPSA) is 62.3 Å². The Morgan fingerprint density at radius 3 is 2.23 bits per heavy atom. The fourth-order valence-corrected chi connectivity index (χ4v) is 6.63. The first-order chi connectivity index (χ1) is 21.3. The van der Waals surface area contributed by atoms with Crippen molar-refractivity contribution in [3.63, 3.8) is 0 Å². The molecule has 220 valence electrons. The highest BCUT2D eigenvalue weighted by Crippen LogP contribution is 2.35. The van der Waals surface area contributed by atoms with Crippen LogP contribution in [0.1, 0.15) is 20.3 Å². The van der Waals surface area contributed by atoms with Crippen molar-refractivity contribution in [3.05, 3.63) is 101 Å². The van der Waals surface area contributed by atoms with Crippen molar-refractivity contribution in [2.75, 3.05) is 39.1 Å². The standard InChI is InChI=1S/C37H37N6O/c1-6-29(43(3,4)5)23-41(7-2)28-19-17-26(18-20-28)39-40-27-21-25-13-8-14-30-34(25)31(22-27)36-38-32-15-9-11-24-12-10-16-33(35(24)32)42(36)37(30)44/h8-22,29H,6-7,23H2,1-5H3/q+1. The van der Waals surface area contributed by atoms with E-state index in [1.165, 1.54) is 5.69 Å². The SMILES string of the molecule is CCC(CN(CC)c1ccc(N=Nc2cc3cccc4c(=O)n5c6cccc7cccc(nc5c(c2)c34)c76)cc1)[N+](C)(C)C. The van der Waals surface area contributed by atoms with Gasteiger partial charge >= 0.3 is 0 Å². The molecular formula is C37H37N6O+. The van der Waals surface area contributed by atoms with Gasteiger partial charge in [-0.3, -0.25) is 9.20 Å². The van der Waals surface area contributed by atoms with Gasteiger partial charge in [-0.05, 0) is 78.7 Å². The second-order valence-corrected chi connectivity index (χ2v) is 12.6. The smallest absolute Gasteiger partial charge is 0.264 e. The van der Waals surface area contributed by atoms with Crippen LogP contribution in [0.25, 0.3) is 49.0 Å². The molecule has 7 nitrogen and oxygen atoms in total. The van der Waals surface area contributed by atoms with Gasteiger partial charge in [-0.2, -0.15) is 10.2 Å². The minimum absolute atomic E-state index is 0.0638. The van der Waals surface area contributed by atoms with Gasteiger partial charge < -0.3 is 9.38 Å². The predicted molar refractivity (Wildman–Crippen MR) is 183 cm³/mol. The summed E-state index contributed by atoms with van der Waals surface area (Å²) in [5.74, 6) is 0. The molecule has 0 aliphatic rings. The molecule has 0 aliphatic heterocycles. The average molecular weight is 582 g/mol. The third kappa shape index (κ3) is 4.64. The second kappa shape index (κ2) is 10.7. The van der Waals surface area contributed by atoms with Gasteiger partial charge in [0.25, 0.3) is 5.56 Å². The molecule has 0 bridgehead atoms. The molecule has 0 aliphatic carbocycles. The summed E-state index contributed by atoms with van der Waals surface area (Å²) in [6.45, 7) is 6.42. The third-order valence-corrected chi connectivity index (χ3v) is 9.05. The number of anilines is 1. The summed E-state index contributed by atoms with van der Waals surface area (Å²) in [7, 11) is 6.80. The highest BCUT2D eigenvalue weighted by molar-refractivity contribution is 6.18. The maximum Gasteiger partial charge on any atom is 0.264 e. The van der Waals surface area contributed by atoms with Crippen LogP contribution in [0.4, 0.5) is 17.1 Å². The second-order valence-electron chi connectivity index (χ2n) is 12.6. The van der Waals surface area contributed by atoms with Crippen molar-refractivity contribution in [1.82, 2.24) is 9.38 Å². The Bertz CT molecular complexity index is 2240. The summed E-state index contributed by atoms with van der Waals surface area (Å²) >= 11 is 0. The minimum Gasteiger partial charge on any atom is -0.366 e. The number of likely N-dealkylation sites (N-methyl/N-ethyl adjacent to an activating group) is 2. The predicted octanol–water partition coefficient (Wildman–Crippen LogP) is 8.47. The lowest BCUT2D eigenvalue weighted by Gasteiger charge is -2.37. The minimum atomic E-state index is -0.0638. The molecule has 5 aromatic carbocycles. The van der Waals surface area contributed by atoms with Crippen LogP contribution in [0.5, 0.6) is 0 Å². The number of benzene rings is 5. The molecule has 0 amide bonds. The Morgan fingerprint density at radius 2 is 1.50 bits per heavy atom. The van der Waals surface area contributed by atoms with Gasteiger partial charge in [0.2, 0.25) is 0 Å². The van der Waals surface area contributed by atoms with E-state index in [1.54, 1.807) is 4.40 Å². The van der Waals surface area contributed by atoms with Crippen LogP contribution in [0.2, 0.25) is 0 Å². The first kappa shape index (κ1) is 27.9. The van der Waals surface area contributed by atoms with Gasteiger partial charge in [-0.25, -0.2) is 4.98 Å². The van der Waals surface area contributed by atoms with Gasteiger partial charge in [0.05, 0.1) is 50.1 Å². The summed E-state index contributed by atoms with van der Waals surface area (Å²) in [6, 6.07) is 30.9. The number of fused-ring (bicyclic) bond motifs is 3. The van der Waals surface area contributed by atoms with E-state index in [-0.39, 0.29) is 5.56 Å². The Labute approximate surface area is 256 Å². The number of hydrogen-bond acceptors (Lipinski definition) is 5. The van der Waals surface area contributed by atoms with E-state index in [0.29, 0.717) is 22.8 Å². The Kier molecular flexibility index (Phi) is 6.78. The maximum absolute atomic E-state index is 13.9. The summed E-state index contributed by atoms with van der Waals surface area (Å²) in [6.07, 6.45) is 1.13. The molecule has 7 heteroatoms. The van der Waals surface area contributed by atoms with Crippen LogP contribution in [0, 0.1) is 0 Å². The Balaban J connectivity index is 1.30. The Hall–Kier alpha value is -4.88. The number of hydrogen-bond donors (Lipinski definition) is 0. The number of rotatable bonds is 8. The number of aromatic nitrogens is 2. The largest absolute Gasteiger partial charge is 0.366 e. The number of nitrogens with zero attached hydrogens (tertiary/aromatic N) is 6. The van der Waals surface area contributed by atoms with E-state index in [0.717, 1.165) is 67.6 Å².